The van der Waals surface area contributed by atoms with Gasteiger partial charge in [-0.3, -0.25) is 4.90 Å². The monoisotopic (exact) mass is 267 g/mol. The number of nitrogens with zero attached hydrogens (tertiary/aromatic N) is 1. The molecule has 1 rings (SSSR count). The Bertz CT molecular complexity index is 391. The van der Waals surface area contributed by atoms with E-state index in [0.717, 1.165) is 5.56 Å². The Hall–Kier alpha value is -1.26. The molecule has 0 bridgehead atoms. The third kappa shape index (κ3) is 4.73. The van der Waals surface area contributed by atoms with Gasteiger partial charge in [-0.2, -0.15) is 0 Å². The average molecular weight is 267 g/mol. The molecule has 0 aliphatic heterocycles. The first kappa shape index (κ1) is 15.8. The van der Waals surface area contributed by atoms with Crippen molar-refractivity contribution in [1.82, 2.24) is 4.90 Å². The molecule has 0 aromatic heterocycles. The maximum atomic E-state index is 10.2. The number of aliphatic hydroxyl groups is 1. The third-order valence-corrected chi connectivity index (χ3v) is 2.98. The van der Waals surface area contributed by atoms with E-state index < -0.39 is 0 Å². The summed E-state index contributed by atoms with van der Waals surface area (Å²) >= 11 is 0. The maximum Gasteiger partial charge on any atom is 0.162 e. The second-order valence-electron chi connectivity index (χ2n) is 5.07. The van der Waals surface area contributed by atoms with Crippen LogP contribution in [-0.4, -0.2) is 40.4 Å². The van der Waals surface area contributed by atoms with Gasteiger partial charge in [0.1, 0.15) is 0 Å². The average Bonchev–Trinajstić information content (AvgIpc) is 2.32. The summed E-state index contributed by atoms with van der Waals surface area (Å²) in [5.74, 6) is 0.710. The lowest BCUT2D eigenvalue weighted by molar-refractivity contribution is 0.102. The molecular weight excluding hydrogens is 242 g/mol. The Morgan fingerprint density at radius 2 is 1.95 bits per heavy atom. The summed E-state index contributed by atoms with van der Waals surface area (Å²) in [4.78, 5) is 2.12. The zero-order valence-electron chi connectivity index (χ0n) is 12.3. The normalized spacial score (nSPS) is 13.0. The second kappa shape index (κ2) is 7.36. The van der Waals surface area contributed by atoms with Crippen molar-refractivity contribution in [3.05, 3.63) is 23.8 Å². The third-order valence-electron chi connectivity index (χ3n) is 2.98. The minimum absolute atomic E-state index is 0.195. The number of aromatic hydroxyl groups is 1. The van der Waals surface area contributed by atoms with Crippen molar-refractivity contribution in [2.45, 2.75) is 46.4 Å². The van der Waals surface area contributed by atoms with E-state index in [2.05, 4.69) is 18.7 Å². The molecule has 1 atom stereocenters. The SMILES string of the molecule is CCOc1cccc(CN(CC(C)O)C(C)C)c1O. The van der Waals surface area contributed by atoms with Gasteiger partial charge >= 0.3 is 0 Å². The van der Waals surface area contributed by atoms with Gasteiger partial charge in [0, 0.05) is 24.7 Å². The molecule has 0 aliphatic carbocycles. The number of hydrogen-bond donors (Lipinski definition) is 2. The number of aliphatic hydroxyl groups excluding tert-OH is 1. The van der Waals surface area contributed by atoms with E-state index in [-0.39, 0.29) is 11.9 Å². The zero-order chi connectivity index (χ0) is 14.4. The topological polar surface area (TPSA) is 52.9 Å². The highest BCUT2D eigenvalue weighted by Crippen LogP contribution is 2.30. The molecule has 1 aromatic carbocycles. The largest absolute Gasteiger partial charge is 0.504 e. The summed E-state index contributed by atoms with van der Waals surface area (Å²) in [5, 5.41) is 19.7. The van der Waals surface area contributed by atoms with Gasteiger partial charge in [-0.05, 0) is 33.8 Å². The summed E-state index contributed by atoms with van der Waals surface area (Å²) in [6.07, 6.45) is -0.389. The molecule has 1 aromatic rings. The first-order valence-electron chi connectivity index (χ1n) is 6.81. The molecule has 0 radical (unpaired) electrons. The van der Waals surface area contributed by atoms with Gasteiger partial charge in [-0.15, -0.1) is 0 Å². The first-order valence-corrected chi connectivity index (χ1v) is 6.81. The number of benzene rings is 1. The van der Waals surface area contributed by atoms with Gasteiger partial charge in [0.25, 0.3) is 0 Å². The van der Waals surface area contributed by atoms with E-state index in [9.17, 15) is 10.2 Å². The van der Waals surface area contributed by atoms with Crippen LogP contribution >= 0.6 is 0 Å². The Balaban J connectivity index is 2.87. The Morgan fingerprint density at radius 3 is 2.47 bits per heavy atom. The number of hydrogen-bond acceptors (Lipinski definition) is 4. The molecule has 0 heterocycles. The van der Waals surface area contributed by atoms with Crippen LogP contribution in [0.1, 0.15) is 33.3 Å². The summed E-state index contributed by atoms with van der Waals surface area (Å²) in [6.45, 7) is 9.51. The molecule has 0 aliphatic rings. The van der Waals surface area contributed by atoms with E-state index in [1.165, 1.54) is 0 Å². The standard InChI is InChI=1S/C15H25NO3/c1-5-19-14-8-6-7-13(15(14)18)10-16(11(2)3)9-12(4)17/h6-8,11-12,17-18H,5,9-10H2,1-4H3. The van der Waals surface area contributed by atoms with Crippen molar-refractivity contribution in [3.63, 3.8) is 0 Å². The van der Waals surface area contributed by atoms with Gasteiger partial charge < -0.3 is 14.9 Å². The number of para-hydroxylation sites is 1. The lowest BCUT2D eigenvalue weighted by Crippen LogP contribution is -2.36. The predicted octanol–water partition coefficient (Wildman–Crippen LogP) is 2.38. The van der Waals surface area contributed by atoms with Crippen molar-refractivity contribution in [2.75, 3.05) is 13.2 Å². The van der Waals surface area contributed by atoms with Crippen LogP contribution in [-0.2, 0) is 6.54 Å². The predicted molar refractivity (Wildman–Crippen MR) is 76.5 cm³/mol. The molecule has 0 fully saturated rings. The van der Waals surface area contributed by atoms with Gasteiger partial charge in [-0.1, -0.05) is 12.1 Å². The minimum Gasteiger partial charge on any atom is -0.504 e. The minimum atomic E-state index is -0.389. The summed E-state index contributed by atoms with van der Waals surface area (Å²) in [6, 6.07) is 5.82. The lowest BCUT2D eigenvalue weighted by atomic mass is 10.1. The fourth-order valence-corrected chi connectivity index (χ4v) is 1.98. The Kier molecular flexibility index (Phi) is 6.12. The highest BCUT2D eigenvalue weighted by Gasteiger charge is 2.16. The molecule has 1 unspecified atom stereocenters. The molecule has 0 saturated carbocycles. The highest BCUT2D eigenvalue weighted by atomic mass is 16.5. The molecule has 19 heavy (non-hydrogen) atoms. The van der Waals surface area contributed by atoms with Crippen LogP contribution in [0.25, 0.3) is 0 Å². The van der Waals surface area contributed by atoms with E-state index in [4.69, 9.17) is 4.74 Å². The molecule has 0 amide bonds. The van der Waals surface area contributed by atoms with Crippen LogP contribution in [0, 0.1) is 0 Å². The van der Waals surface area contributed by atoms with Gasteiger partial charge in [-0.25, -0.2) is 0 Å². The lowest BCUT2D eigenvalue weighted by Gasteiger charge is -2.28. The smallest absolute Gasteiger partial charge is 0.162 e. The quantitative estimate of drug-likeness (QED) is 0.796. The van der Waals surface area contributed by atoms with Crippen molar-refractivity contribution >= 4 is 0 Å². The molecule has 108 valence electrons. The fraction of sp³-hybridized carbons (Fsp3) is 0.600. The zero-order valence-corrected chi connectivity index (χ0v) is 12.3. The van der Waals surface area contributed by atoms with Crippen LogP contribution < -0.4 is 4.74 Å². The molecule has 2 N–H and O–H groups in total. The highest BCUT2D eigenvalue weighted by molar-refractivity contribution is 5.45. The molecule has 4 nitrogen and oxygen atoms in total. The molecule has 0 saturated heterocycles. The van der Waals surface area contributed by atoms with Crippen LogP contribution in [0.4, 0.5) is 0 Å². The first-order chi connectivity index (χ1) is 8.95. The number of phenols is 1. The second-order valence-corrected chi connectivity index (χ2v) is 5.07. The van der Waals surface area contributed by atoms with Crippen molar-refractivity contribution < 1.29 is 14.9 Å². The Morgan fingerprint density at radius 1 is 1.26 bits per heavy atom. The Labute approximate surface area is 115 Å². The summed E-state index contributed by atoms with van der Waals surface area (Å²) in [5.41, 5.74) is 0.820. The molecular formula is C15H25NO3. The van der Waals surface area contributed by atoms with E-state index in [1.54, 1.807) is 13.0 Å². The van der Waals surface area contributed by atoms with Crippen molar-refractivity contribution in [3.8, 4) is 11.5 Å². The van der Waals surface area contributed by atoms with Gasteiger partial charge in [0.05, 0.1) is 12.7 Å². The fourth-order valence-electron chi connectivity index (χ4n) is 1.98. The molecule has 0 spiro atoms. The van der Waals surface area contributed by atoms with E-state index in [0.29, 0.717) is 31.5 Å². The maximum absolute atomic E-state index is 10.2. The summed E-state index contributed by atoms with van der Waals surface area (Å²) < 4.78 is 5.38. The number of rotatable bonds is 7. The molecule has 4 heteroatoms. The summed E-state index contributed by atoms with van der Waals surface area (Å²) in [7, 11) is 0. The van der Waals surface area contributed by atoms with Crippen LogP contribution in [0.2, 0.25) is 0 Å². The van der Waals surface area contributed by atoms with Gasteiger partial charge in [0.15, 0.2) is 11.5 Å². The van der Waals surface area contributed by atoms with E-state index in [1.807, 2.05) is 19.1 Å². The van der Waals surface area contributed by atoms with Crippen molar-refractivity contribution in [2.24, 2.45) is 0 Å². The van der Waals surface area contributed by atoms with Crippen LogP contribution in [0.15, 0.2) is 18.2 Å². The van der Waals surface area contributed by atoms with Crippen molar-refractivity contribution in [1.29, 1.82) is 0 Å². The van der Waals surface area contributed by atoms with Gasteiger partial charge in [0.2, 0.25) is 0 Å². The van der Waals surface area contributed by atoms with Crippen LogP contribution in [0.3, 0.4) is 0 Å². The van der Waals surface area contributed by atoms with Crippen LogP contribution in [0.5, 0.6) is 11.5 Å². The number of ether oxygens (including phenoxy) is 1. The van der Waals surface area contributed by atoms with E-state index >= 15 is 0 Å². The number of phenolic OH excluding ortho intramolecular Hbond substituents is 1.